The van der Waals surface area contributed by atoms with Gasteiger partial charge < -0.3 is 5.11 Å². The summed E-state index contributed by atoms with van der Waals surface area (Å²) < 4.78 is 0. The Labute approximate surface area is 175 Å². The van der Waals surface area contributed by atoms with Gasteiger partial charge in [0.15, 0.2) is 0 Å². The second-order valence-corrected chi connectivity index (χ2v) is 8.57. The van der Waals surface area contributed by atoms with E-state index in [-0.39, 0.29) is 12.6 Å². The summed E-state index contributed by atoms with van der Waals surface area (Å²) in [4.78, 5) is 2.42. The fraction of sp³-hybridized carbons (Fsp3) is 0.364. The summed E-state index contributed by atoms with van der Waals surface area (Å²) >= 11 is 18.3. The maximum Gasteiger partial charge on any atom is 0.0625 e. The summed E-state index contributed by atoms with van der Waals surface area (Å²) in [6.07, 6.45) is 3.92. The van der Waals surface area contributed by atoms with Crippen molar-refractivity contribution in [2.75, 3.05) is 19.7 Å². The van der Waals surface area contributed by atoms with Crippen molar-refractivity contribution < 1.29 is 5.11 Å². The monoisotopic (exact) mass is 421 g/mol. The maximum atomic E-state index is 10.1. The van der Waals surface area contributed by atoms with Crippen LogP contribution in [-0.2, 0) is 12.8 Å². The van der Waals surface area contributed by atoms with Gasteiger partial charge in [0.1, 0.15) is 0 Å². The molecule has 0 fully saturated rings. The van der Waals surface area contributed by atoms with Crippen LogP contribution in [0.2, 0.25) is 15.1 Å². The molecular weight excluding hydrogens is 401 g/mol. The number of aliphatic hydroxyl groups is 1. The zero-order valence-corrected chi connectivity index (χ0v) is 17.3. The van der Waals surface area contributed by atoms with Crippen LogP contribution in [-0.4, -0.2) is 35.7 Å². The van der Waals surface area contributed by atoms with E-state index in [2.05, 4.69) is 17.0 Å². The van der Waals surface area contributed by atoms with E-state index in [4.69, 9.17) is 34.8 Å². The van der Waals surface area contributed by atoms with E-state index in [9.17, 15) is 5.11 Å². The number of hydrogen-bond acceptors (Lipinski definition) is 2. The Morgan fingerprint density at radius 2 is 1.89 bits per heavy atom. The van der Waals surface area contributed by atoms with E-state index in [1.54, 1.807) is 0 Å². The summed E-state index contributed by atoms with van der Waals surface area (Å²) in [7, 11) is 0. The highest BCUT2D eigenvalue weighted by molar-refractivity contribution is 6.42. The van der Waals surface area contributed by atoms with Crippen LogP contribution < -0.4 is 0 Å². The third kappa shape index (κ3) is 3.92. The van der Waals surface area contributed by atoms with E-state index in [1.807, 2.05) is 24.3 Å². The highest BCUT2D eigenvalue weighted by Crippen LogP contribution is 2.41. The molecule has 2 aromatic rings. The second-order valence-electron chi connectivity index (χ2n) is 7.32. The van der Waals surface area contributed by atoms with Crippen LogP contribution in [0.3, 0.4) is 0 Å². The van der Waals surface area contributed by atoms with Gasteiger partial charge in [0.25, 0.3) is 0 Å². The molecule has 2 aliphatic rings. The van der Waals surface area contributed by atoms with Gasteiger partial charge in [-0.3, -0.25) is 4.90 Å². The number of aryl methyl sites for hydroxylation is 1. The minimum absolute atomic E-state index is 0.105. The lowest BCUT2D eigenvalue weighted by Gasteiger charge is -2.36. The fourth-order valence-electron chi connectivity index (χ4n) is 4.39. The Hall–Kier alpha value is -1.03. The van der Waals surface area contributed by atoms with Gasteiger partial charge in [0.05, 0.1) is 22.7 Å². The highest BCUT2D eigenvalue weighted by Gasteiger charge is 2.33. The largest absolute Gasteiger partial charge is 0.394 e. The summed E-state index contributed by atoms with van der Waals surface area (Å²) in [6.45, 7) is 2.09. The molecule has 1 aliphatic carbocycles. The van der Waals surface area contributed by atoms with Crippen LogP contribution in [0.4, 0.5) is 0 Å². The Bertz CT molecular complexity index is 893. The summed E-state index contributed by atoms with van der Waals surface area (Å²) in [6, 6.07) is 12.1. The van der Waals surface area contributed by atoms with Crippen molar-refractivity contribution in [2.45, 2.75) is 31.7 Å². The number of aliphatic hydroxyl groups excluding tert-OH is 1. The van der Waals surface area contributed by atoms with Crippen LogP contribution in [0.5, 0.6) is 0 Å². The molecule has 4 rings (SSSR count). The van der Waals surface area contributed by atoms with Gasteiger partial charge in [0.2, 0.25) is 0 Å². The summed E-state index contributed by atoms with van der Waals surface area (Å²) in [5.41, 5.74) is 6.58. The van der Waals surface area contributed by atoms with Gasteiger partial charge in [-0.25, -0.2) is 0 Å². The molecule has 0 saturated heterocycles. The first kappa shape index (κ1) is 19.3. The molecule has 0 radical (unpaired) electrons. The predicted octanol–water partition coefficient (Wildman–Crippen LogP) is 5.66. The molecule has 1 aliphatic heterocycles. The van der Waals surface area contributed by atoms with E-state index in [1.165, 1.54) is 27.8 Å². The summed E-state index contributed by atoms with van der Waals surface area (Å²) in [5, 5.41) is 12.1. The van der Waals surface area contributed by atoms with Crippen molar-refractivity contribution in [1.29, 1.82) is 0 Å². The minimum Gasteiger partial charge on any atom is -0.394 e. The number of rotatable bonds is 5. The molecule has 27 heavy (non-hydrogen) atoms. The Morgan fingerprint density at radius 3 is 2.67 bits per heavy atom. The lowest BCUT2D eigenvalue weighted by Crippen LogP contribution is -2.43. The molecule has 2 nitrogen and oxygen atoms in total. The first-order valence-electron chi connectivity index (χ1n) is 9.36. The molecule has 1 N–H and O–H groups in total. The molecule has 0 bridgehead atoms. The molecule has 0 spiro atoms. The number of fused-ring (bicyclic) bond motifs is 2. The highest BCUT2D eigenvalue weighted by atomic mass is 35.5. The molecule has 0 aromatic heterocycles. The zero-order chi connectivity index (χ0) is 19.0. The SMILES string of the molecule is OCC1C2=C(CCN1CCCc1ccc(Cl)c(Cl)c1)c1cc(Cl)ccc1C2. The first-order valence-corrected chi connectivity index (χ1v) is 10.5. The predicted molar refractivity (Wildman–Crippen MR) is 114 cm³/mol. The van der Waals surface area contributed by atoms with E-state index in [0.717, 1.165) is 43.8 Å². The van der Waals surface area contributed by atoms with Gasteiger partial charge in [-0.1, -0.05) is 46.9 Å². The molecule has 1 heterocycles. The van der Waals surface area contributed by atoms with E-state index >= 15 is 0 Å². The van der Waals surface area contributed by atoms with Crippen molar-refractivity contribution in [2.24, 2.45) is 0 Å². The maximum absolute atomic E-state index is 10.1. The molecule has 1 unspecified atom stereocenters. The molecule has 142 valence electrons. The van der Waals surface area contributed by atoms with Crippen LogP contribution in [0.15, 0.2) is 42.0 Å². The van der Waals surface area contributed by atoms with Gasteiger partial charge in [0, 0.05) is 11.6 Å². The number of hydrogen-bond donors (Lipinski definition) is 1. The van der Waals surface area contributed by atoms with Gasteiger partial charge in [-0.2, -0.15) is 0 Å². The Morgan fingerprint density at radius 1 is 1.04 bits per heavy atom. The van der Waals surface area contributed by atoms with Gasteiger partial charge in [-0.05, 0) is 84.3 Å². The van der Waals surface area contributed by atoms with Gasteiger partial charge >= 0.3 is 0 Å². The molecule has 2 aromatic carbocycles. The normalized spacial score (nSPS) is 19.3. The average Bonchev–Trinajstić information content (AvgIpc) is 3.02. The smallest absolute Gasteiger partial charge is 0.0625 e. The van der Waals surface area contributed by atoms with Crippen molar-refractivity contribution in [3.8, 4) is 0 Å². The van der Waals surface area contributed by atoms with Crippen molar-refractivity contribution in [3.63, 3.8) is 0 Å². The molecule has 0 amide bonds. The van der Waals surface area contributed by atoms with E-state index in [0.29, 0.717) is 10.0 Å². The Kier molecular flexibility index (Phi) is 5.82. The quantitative estimate of drug-likeness (QED) is 0.672. The molecular formula is C22H22Cl3NO. The van der Waals surface area contributed by atoms with Crippen molar-refractivity contribution >= 4 is 40.4 Å². The van der Waals surface area contributed by atoms with Crippen LogP contribution in [0.1, 0.15) is 29.5 Å². The molecule has 1 atom stereocenters. The lowest BCUT2D eigenvalue weighted by molar-refractivity contribution is 0.139. The lowest BCUT2D eigenvalue weighted by atomic mass is 9.93. The molecule has 0 saturated carbocycles. The van der Waals surface area contributed by atoms with Crippen LogP contribution >= 0.6 is 34.8 Å². The second kappa shape index (κ2) is 8.14. The Balaban J connectivity index is 1.43. The summed E-state index contributed by atoms with van der Waals surface area (Å²) in [5.74, 6) is 0. The minimum atomic E-state index is 0.105. The third-order valence-electron chi connectivity index (χ3n) is 5.73. The topological polar surface area (TPSA) is 23.5 Å². The molecule has 5 heteroatoms. The third-order valence-corrected chi connectivity index (χ3v) is 6.70. The average molecular weight is 423 g/mol. The van der Waals surface area contributed by atoms with Crippen molar-refractivity contribution in [1.82, 2.24) is 4.90 Å². The number of benzene rings is 2. The standard InChI is InChI=1S/C22H22Cl3NO/c23-16-5-4-15-11-19-17(18(15)12-16)7-9-26(22(19)13-27)8-1-2-14-3-6-20(24)21(25)10-14/h3-6,10,12,22,27H,1-2,7-9,11,13H2. The van der Waals surface area contributed by atoms with Crippen LogP contribution in [0, 0.1) is 0 Å². The van der Waals surface area contributed by atoms with Crippen molar-refractivity contribution in [3.05, 3.63) is 73.7 Å². The van der Waals surface area contributed by atoms with Gasteiger partial charge in [-0.15, -0.1) is 0 Å². The fourth-order valence-corrected chi connectivity index (χ4v) is 4.88. The number of nitrogens with zero attached hydrogens (tertiary/aromatic N) is 1. The first-order chi connectivity index (χ1) is 13.1. The number of halogens is 3. The zero-order valence-electron chi connectivity index (χ0n) is 15.0. The van der Waals surface area contributed by atoms with E-state index < -0.39 is 0 Å². The van der Waals surface area contributed by atoms with Crippen LogP contribution in [0.25, 0.3) is 5.57 Å².